The minimum atomic E-state index is -3.45. The van der Waals surface area contributed by atoms with Crippen LogP contribution in [0.4, 0.5) is 0 Å². The van der Waals surface area contributed by atoms with Crippen LogP contribution in [0.25, 0.3) is 0 Å². The Morgan fingerprint density at radius 3 is 2.56 bits per heavy atom. The summed E-state index contributed by atoms with van der Waals surface area (Å²) < 4.78 is 27.3. The van der Waals surface area contributed by atoms with E-state index in [9.17, 15) is 8.42 Å². The first-order valence-electron chi connectivity index (χ1n) is 6.00. The van der Waals surface area contributed by atoms with Crippen LogP contribution in [0.15, 0.2) is 10.3 Å². The maximum Gasteiger partial charge on any atom is 0.242 e. The molecular weight excluding hydrogens is 268 g/mol. The fraction of sp³-hybridized carbons (Fsp3) is 0.667. The van der Waals surface area contributed by atoms with E-state index >= 15 is 0 Å². The molecule has 0 aliphatic rings. The van der Waals surface area contributed by atoms with Gasteiger partial charge in [-0.25, -0.2) is 13.1 Å². The van der Waals surface area contributed by atoms with Gasteiger partial charge in [-0.15, -0.1) is 11.3 Å². The first-order valence-corrected chi connectivity index (χ1v) is 8.36. The van der Waals surface area contributed by atoms with Crippen LogP contribution in [0.5, 0.6) is 0 Å². The van der Waals surface area contributed by atoms with Crippen molar-refractivity contribution in [1.29, 1.82) is 0 Å². The molecule has 0 fully saturated rings. The Balaban J connectivity index is 2.97. The van der Waals surface area contributed by atoms with Gasteiger partial charge in [0.15, 0.2) is 0 Å². The second-order valence-electron chi connectivity index (χ2n) is 5.22. The minimum Gasteiger partial charge on any atom is -0.326 e. The molecule has 0 bridgehead atoms. The van der Waals surface area contributed by atoms with E-state index in [1.54, 1.807) is 6.92 Å². The Bertz CT molecular complexity index is 504. The number of nitrogens with two attached hydrogens (primary N) is 1. The lowest BCUT2D eigenvalue weighted by molar-refractivity contribution is 0.350. The van der Waals surface area contributed by atoms with Gasteiger partial charge in [-0.2, -0.15) is 0 Å². The van der Waals surface area contributed by atoms with E-state index < -0.39 is 10.0 Å². The van der Waals surface area contributed by atoms with E-state index in [0.717, 1.165) is 12.0 Å². The van der Waals surface area contributed by atoms with Crippen molar-refractivity contribution in [3.63, 3.8) is 0 Å². The van der Waals surface area contributed by atoms with Gasteiger partial charge >= 0.3 is 0 Å². The monoisotopic (exact) mass is 290 g/mol. The maximum atomic E-state index is 12.3. The zero-order chi connectivity index (χ0) is 14.0. The number of sulfonamides is 1. The summed E-state index contributed by atoms with van der Waals surface area (Å²) in [6.07, 6.45) is 0.919. The molecule has 0 unspecified atom stereocenters. The standard InChI is InChI=1S/C12H22N2O2S2/c1-5-12(3,4)8-14-18(15,16)11-9(2)7-17-10(11)6-13/h7,14H,5-6,8,13H2,1-4H3. The number of hydrogen-bond donors (Lipinski definition) is 2. The van der Waals surface area contributed by atoms with Crippen molar-refractivity contribution in [2.24, 2.45) is 11.1 Å². The fourth-order valence-corrected chi connectivity index (χ4v) is 4.42. The van der Waals surface area contributed by atoms with Crippen LogP contribution in [0.2, 0.25) is 0 Å². The Hall–Kier alpha value is -0.430. The zero-order valence-electron chi connectivity index (χ0n) is 11.4. The molecule has 18 heavy (non-hydrogen) atoms. The van der Waals surface area contributed by atoms with Gasteiger partial charge in [0.2, 0.25) is 10.0 Å². The SMILES string of the molecule is CCC(C)(C)CNS(=O)(=O)c1c(C)csc1CN. The van der Waals surface area contributed by atoms with Gasteiger partial charge in [-0.05, 0) is 29.7 Å². The summed E-state index contributed by atoms with van der Waals surface area (Å²) in [5, 5.41) is 1.84. The predicted molar refractivity (Wildman–Crippen MR) is 76.2 cm³/mol. The molecule has 0 spiro atoms. The first-order chi connectivity index (χ1) is 8.23. The second-order valence-corrected chi connectivity index (χ2v) is 7.89. The first kappa shape index (κ1) is 15.6. The molecule has 1 heterocycles. The van der Waals surface area contributed by atoms with Crippen molar-refractivity contribution in [1.82, 2.24) is 4.72 Å². The number of nitrogens with one attached hydrogen (secondary N) is 1. The van der Waals surface area contributed by atoms with E-state index in [-0.39, 0.29) is 12.0 Å². The van der Waals surface area contributed by atoms with Crippen LogP contribution in [-0.2, 0) is 16.6 Å². The molecule has 0 radical (unpaired) electrons. The van der Waals surface area contributed by atoms with Gasteiger partial charge in [-0.3, -0.25) is 0 Å². The third kappa shape index (κ3) is 3.54. The van der Waals surface area contributed by atoms with Crippen molar-refractivity contribution >= 4 is 21.4 Å². The molecule has 6 heteroatoms. The fourth-order valence-electron chi connectivity index (χ4n) is 1.48. The number of hydrogen-bond acceptors (Lipinski definition) is 4. The van der Waals surface area contributed by atoms with Crippen LogP contribution in [0.3, 0.4) is 0 Å². The van der Waals surface area contributed by atoms with E-state index in [1.807, 2.05) is 19.2 Å². The van der Waals surface area contributed by atoms with Crippen molar-refractivity contribution in [3.05, 3.63) is 15.8 Å². The minimum absolute atomic E-state index is 0.0418. The molecule has 0 saturated heterocycles. The Morgan fingerprint density at radius 1 is 1.44 bits per heavy atom. The van der Waals surface area contributed by atoms with E-state index in [0.29, 0.717) is 16.3 Å². The van der Waals surface area contributed by atoms with Gasteiger partial charge in [0.25, 0.3) is 0 Å². The molecule has 104 valence electrons. The van der Waals surface area contributed by atoms with Crippen molar-refractivity contribution in [2.45, 2.75) is 45.6 Å². The summed E-state index contributed by atoms with van der Waals surface area (Å²) in [5.74, 6) is 0. The van der Waals surface area contributed by atoms with Gasteiger partial charge in [-0.1, -0.05) is 20.8 Å². The highest BCUT2D eigenvalue weighted by molar-refractivity contribution is 7.89. The molecule has 0 atom stereocenters. The van der Waals surface area contributed by atoms with Crippen LogP contribution < -0.4 is 10.5 Å². The highest BCUT2D eigenvalue weighted by Gasteiger charge is 2.25. The average Bonchev–Trinajstić information content (AvgIpc) is 2.69. The van der Waals surface area contributed by atoms with E-state index in [4.69, 9.17) is 5.73 Å². The molecule has 3 N–H and O–H groups in total. The molecule has 0 aliphatic heterocycles. The molecule has 1 aromatic rings. The van der Waals surface area contributed by atoms with E-state index in [1.165, 1.54) is 11.3 Å². The molecule has 4 nitrogen and oxygen atoms in total. The highest BCUT2D eigenvalue weighted by atomic mass is 32.2. The molecule has 0 amide bonds. The lowest BCUT2D eigenvalue weighted by atomic mass is 9.91. The number of thiophene rings is 1. The topological polar surface area (TPSA) is 72.2 Å². The quantitative estimate of drug-likeness (QED) is 0.844. The van der Waals surface area contributed by atoms with E-state index in [2.05, 4.69) is 11.6 Å². The largest absolute Gasteiger partial charge is 0.326 e. The van der Waals surface area contributed by atoms with Crippen LogP contribution in [0, 0.1) is 12.3 Å². The maximum absolute atomic E-state index is 12.3. The molecule has 1 rings (SSSR count). The number of aryl methyl sites for hydroxylation is 1. The molecule has 0 saturated carbocycles. The lowest BCUT2D eigenvalue weighted by Gasteiger charge is -2.23. The Labute approximate surface area is 114 Å². The Kier molecular flexibility index (Phi) is 4.94. The molecule has 1 aromatic heterocycles. The third-order valence-corrected chi connectivity index (χ3v) is 6.03. The molecule has 0 aromatic carbocycles. The smallest absolute Gasteiger partial charge is 0.242 e. The van der Waals surface area contributed by atoms with Gasteiger partial charge in [0, 0.05) is 18.0 Å². The van der Waals surface area contributed by atoms with Crippen LogP contribution in [-0.4, -0.2) is 15.0 Å². The Morgan fingerprint density at radius 2 is 2.06 bits per heavy atom. The molecule has 0 aliphatic carbocycles. The summed E-state index contributed by atoms with van der Waals surface area (Å²) in [7, 11) is -3.45. The number of rotatable bonds is 6. The van der Waals surface area contributed by atoms with Crippen molar-refractivity contribution < 1.29 is 8.42 Å². The van der Waals surface area contributed by atoms with Gasteiger partial charge in [0.1, 0.15) is 4.90 Å². The zero-order valence-corrected chi connectivity index (χ0v) is 13.0. The van der Waals surface area contributed by atoms with Crippen molar-refractivity contribution in [2.75, 3.05) is 6.54 Å². The van der Waals surface area contributed by atoms with Gasteiger partial charge in [0.05, 0.1) is 0 Å². The van der Waals surface area contributed by atoms with Crippen molar-refractivity contribution in [3.8, 4) is 0 Å². The average molecular weight is 290 g/mol. The summed E-state index contributed by atoms with van der Waals surface area (Å²) in [6.45, 7) is 8.63. The normalized spacial score (nSPS) is 12.9. The second kappa shape index (κ2) is 5.69. The summed E-state index contributed by atoms with van der Waals surface area (Å²) >= 11 is 1.40. The van der Waals surface area contributed by atoms with Crippen LogP contribution >= 0.6 is 11.3 Å². The molecular formula is C12H22N2O2S2. The summed E-state index contributed by atoms with van der Waals surface area (Å²) in [5.41, 5.74) is 6.31. The highest BCUT2D eigenvalue weighted by Crippen LogP contribution is 2.27. The summed E-state index contributed by atoms with van der Waals surface area (Å²) in [6, 6.07) is 0. The third-order valence-electron chi connectivity index (χ3n) is 3.14. The summed E-state index contributed by atoms with van der Waals surface area (Å²) in [4.78, 5) is 1.08. The van der Waals surface area contributed by atoms with Crippen LogP contribution in [0.1, 0.15) is 37.6 Å². The lowest BCUT2D eigenvalue weighted by Crippen LogP contribution is -2.34. The predicted octanol–water partition coefficient (Wildman–Crippen LogP) is 2.23. The van der Waals surface area contributed by atoms with Gasteiger partial charge < -0.3 is 5.73 Å².